The van der Waals surface area contributed by atoms with E-state index in [0.29, 0.717) is 13.0 Å². The SMILES string of the molecule is C=CCNC(=O)N[C@@]1(C)CCS(=O)(=O)C1. The standard InChI is InChI=1S/C9H16N2O3S/c1-3-5-10-8(12)11-9(2)4-6-15(13,14)7-9/h3H,1,4-7H2,2H3,(H2,10,11,12)/t9-/m0/s1. The summed E-state index contributed by atoms with van der Waals surface area (Å²) in [6, 6.07) is -0.352. The van der Waals surface area contributed by atoms with Gasteiger partial charge in [0.1, 0.15) is 0 Å². The Bertz CT molecular complexity index is 364. The highest BCUT2D eigenvalue weighted by Gasteiger charge is 2.39. The fraction of sp³-hybridized carbons (Fsp3) is 0.667. The molecule has 1 atom stereocenters. The minimum Gasteiger partial charge on any atom is -0.335 e. The van der Waals surface area contributed by atoms with Crippen LogP contribution >= 0.6 is 0 Å². The van der Waals surface area contributed by atoms with E-state index in [2.05, 4.69) is 17.2 Å². The molecule has 1 saturated heterocycles. The van der Waals surface area contributed by atoms with Crippen molar-refractivity contribution in [3.8, 4) is 0 Å². The highest BCUT2D eigenvalue weighted by molar-refractivity contribution is 7.91. The summed E-state index contributed by atoms with van der Waals surface area (Å²) in [5, 5.41) is 5.22. The van der Waals surface area contributed by atoms with Gasteiger partial charge in [-0.3, -0.25) is 0 Å². The van der Waals surface area contributed by atoms with E-state index in [4.69, 9.17) is 0 Å². The van der Waals surface area contributed by atoms with Gasteiger partial charge < -0.3 is 10.6 Å². The van der Waals surface area contributed by atoms with E-state index in [-0.39, 0.29) is 17.5 Å². The Morgan fingerprint density at radius 3 is 2.73 bits per heavy atom. The topological polar surface area (TPSA) is 75.3 Å². The Balaban J connectivity index is 2.51. The van der Waals surface area contributed by atoms with Crippen molar-refractivity contribution in [3.63, 3.8) is 0 Å². The summed E-state index contributed by atoms with van der Waals surface area (Å²) in [4.78, 5) is 11.3. The number of carbonyl (C=O) groups excluding carboxylic acids is 1. The Labute approximate surface area is 89.8 Å². The van der Waals surface area contributed by atoms with Crippen LogP contribution in [0.5, 0.6) is 0 Å². The maximum Gasteiger partial charge on any atom is 0.315 e. The number of carbonyl (C=O) groups is 1. The molecule has 1 rings (SSSR count). The first kappa shape index (κ1) is 12.0. The van der Waals surface area contributed by atoms with Gasteiger partial charge in [-0.25, -0.2) is 13.2 Å². The Morgan fingerprint density at radius 2 is 2.27 bits per heavy atom. The van der Waals surface area contributed by atoms with Crippen LogP contribution in [0.25, 0.3) is 0 Å². The van der Waals surface area contributed by atoms with Crippen molar-refractivity contribution >= 4 is 15.9 Å². The molecule has 2 N–H and O–H groups in total. The molecule has 1 aliphatic heterocycles. The van der Waals surface area contributed by atoms with E-state index < -0.39 is 15.4 Å². The molecule has 5 nitrogen and oxygen atoms in total. The van der Waals surface area contributed by atoms with Crippen LogP contribution in [0.15, 0.2) is 12.7 Å². The van der Waals surface area contributed by atoms with Crippen LogP contribution in [0.1, 0.15) is 13.3 Å². The first-order chi connectivity index (χ1) is 6.87. The smallest absolute Gasteiger partial charge is 0.315 e. The molecule has 0 spiro atoms. The lowest BCUT2D eigenvalue weighted by Crippen LogP contribution is -2.51. The molecule has 0 bridgehead atoms. The van der Waals surface area contributed by atoms with Crippen LogP contribution in [-0.4, -0.2) is 38.0 Å². The normalized spacial score (nSPS) is 28.3. The summed E-state index contributed by atoms with van der Waals surface area (Å²) in [6.07, 6.45) is 2.03. The van der Waals surface area contributed by atoms with Crippen molar-refractivity contribution in [2.75, 3.05) is 18.1 Å². The van der Waals surface area contributed by atoms with E-state index in [1.165, 1.54) is 0 Å². The molecule has 0 saturated carbocycles. The lowest BCUT2D eigenvalue weighted by atomic mass is 10.0. The number of hydrogen-bond donors (Lipinski definition) is 2. The number of urea groups is 1. The summed E-state index contributed by atoms with van der Waals surface area (Å²) in [5.74, 6) is 0.159. The molecule has 0 unspecified atom stereocenters. The molecule has 15 heavy (non-hydrogen) atoms. The van der Waals surface area contributed by atoms with Crippen LogP contribution in [0, 0.1) is 0 Å². The average molecular weight is 232 g/mol. The zero-order chi connectivity index (χ0) is 11.5. The van der Waals surface area contributed by atoms with E-state index >= 15 is 0 Å². The number of amides is 2. The van der Waals surface area contributed by atoms with Crippen LogP contribution in [0.4, 0.5) is 4.79 Å². The van der Waals surface area contributed by atoms with Crippen molar-refractivity contribution in [1.29, 1.82) is 0 Å². The van der Waals surface area contributed by atoms with Crippen LogP contribution in [-0.2, 0) is 9.84 Å². The largest absolute Gasteiger partial charge is 0.335 e. The fourth-order valence-corrected chi connectivity index (χ4v) is 3.69. The molecule has 1 fully saturated rings. The molecule has 2 amide bonds. The Kier molecular flexibility index (Phi) is 3.38. The summed E-state index contributed by atoms with van der Waals surface area (Å²) < 4.78 is 22.5. The zero-order valence-electron chi connectivity index (χ0n) is 8.75. The molecular formula is C9H16N2O3S. The summed E-state index contributed by atoms with van der Waals surface area (Å²) >= 11 is 0. The van der Waals surface area contributed by atoms with E-state index in [0.717, 1.165) is 0 Å². The lowest BCUT2D eigenvalue weighted by molar-refractivity contribution is 0.231. The van der Waals surface area contributed by atoms with E-state index in [1.807, 2.05) is 0 Å². The maximum atomic E-state index is 11.3. The third-order valence-electron chi connectivity index (χ3n) is 2.33. The summed E-state index contributed by atoms with van der Waals surface area (Å²) in [5.41, 5.74) is -0.635. The van der Waals surface area contributed by atoms with Gasteiger partial charge in [0, 0.05) is 6.54 Å². The Hall–Kier alpha value is -1.04. The molecule has 0 radical (unpaired) electrons. The maximum absolute atomic E-state index is 11.3. The lowest BCUT2D eigenvalue weighted by Gasteiger charge is -2.23. The number of hydrogen-bond acceptors (Lipinski definition) is 3. The molecular weight excluding hydrogens is 216 g/mol. The van der Waals surface area contributed by atoms with Crippen molar-refractivity contribution in [2.24, 2.45) is 0 Å². The fourth-order valence-electron chi connectivity index (χ4n) is 1.59. The number of rotatable bonds is 3. The number of nitrogens with one attached hydrogen (secondary N) is 2. The highest BCUT2D eigenvalue weighted by atomic mass is 32.2. The minimum atomic E-state index is -2.98. The van der Waals surface area contributed by atoms with Crippen molar-refractivity contribution < 1.29 is 13.2 Å². The first-order valence-corrected chi connectivity index (χ1v) is 6.56. The summed E-state index contributed by atoms with van der Waals surface area (Å²) in [7, 11) is -2.98. The predicted molar refractivity (Wildman–Crippen MR) is 58.4 cm³/mol. The molecule has 0 aromatic heterocycles. The average Bonchev–Trinajstić information content (AvgIpc) is 2.37. The van der Waals surface area contributed by atoms with Gasteiger partial charge in [0.2, 0.25) is 0 Å². The molecule has 0 aromatic rings. The third kappa shape index (κ3) is 3.54. The molecule has 86 valence electrons. The van der Waals surface area contributed by atoms with Gasteiger partial charge in [-0.15, -0.1) is 6.58 Å². The van der Waals surface area contributed by atoms with Crippen LogP contribution < -0.4 is 10.6 Å². The minimum absolute atomic E-state index is 0.0154. The van der Waals surface area contributed by atoms with Gasteiger partial charge in [-0.05, 0) is 13.3 Å². The van der Waals surface area contributed by atoms with Gasteiger partial charge in [-0.1, -0.05) is 6.08 Å². The van der Waals surface area contributed by atoms with Gasteiger partial charge >= 0.3 is 6.03 Å². The molecule has 1 aliphatic rings. The molecule has 0 aliphatic carbocycles. The van der Waals surface area contributed by atoms with Crippen molar-refractivity contribution in [3.05, 3.63) is 12.7 Å². The van der Waals surface area contributed by atoms with Crippen molar-refractivity contribution in [2.45, 2.75) is 18.9 Å². The second-order valence-corrected chi connectivity index (χ2v) is 6.21. The highest BCUT2D eigenvalue weighted by Crippen LogP contribution is 2.22. The number of sulfone groups is 1. The third-order valence-corrected chi connectivity index (χ3v) is 4.23. The van der Waals surface area contributed by atoms with Gasteiger partial charge in [0.25, 0.3) is 0 Å². The first-order valence-electron chi connectivity index (χ1n) is 4.74. The molecule has 6 heteroatoms. The van der Waals surface area contributed by atoms with Gasteiger partial charge in [0.15, 0.2) is 9.84 Å². The molecule has 0 aromatic carbocycles. The van der Waals surface area contributed by atoms with Crippen LogP contribution in [0.2, 0.25) is 0 Å². The van der Waals surface area contributed by atoms with Gasteiger partial charge in [-0.2, -0.15) is 0 Å². The monoisotopic (exact) mass is 232 g/mol. The Morgan fingerprint density at radius 1 is 1.60 bits per heavy atom. The second kappa shape index (κ2) is 4.22. The summed E-state index contributed by atoms with van der Waals surface area (Å²) in [6.45, 7) is 5.58. The van der Waals surface area contributed by atoms with Crippen LogP contribution in [0.3, 0.4) is 0 Å². The predicted octanol–water partition coefficient (Wildman–Crippen LogP) is 0.0488. The quantitative estimate of drug-likeness (QED) is 0.675. The zero-order valence-corrected chi connectivity index (χ0v) is 9.56. The van der Waals surface area contributed by atoms with Crippen molar-refractivity contribution in [1.82, 2.24) is 10.6 Å². The van der Waals surface area contributed by atoms with E-state index in [9.17, 15) is 13.2 Å². The molecule has 1 heterocycles. The van der Waals surface area contributed by atoms with E-state index in [1.54, 1.807) is 13.0 Å². The van der Waals surface area contributed by atoms with Gasteiger partial charge in [0.05, 0.1) is 17.0 Å². The second-order valence-electron chi connectivity index (χ2n) is 4.03.